The Kier molecular flexibility index (Phi) is 6.67. The second-order valence-electron chi connectivity index (χ2n) is 5.35. The zero-order chi connectivity index (χ0) is 14.3. The van der Waals surface area contributed by atoms with Crippen molar-refractivity contribution in [1.82, 2.24) is 9.80 Å². The van der Waals surface area contributed by atoms with E-state index in [-0.39, 0.29) is 18.5 Å². The molecule has 1 aliphatic rings. The average Bonchev–Trinajstić information content (AvgIpc) is 2.38. The molecular weight excluding hydrogens is 244 g/mol. The van der Waals surface area contributed by atoms with Crippen molar-refractivity contribution in [2.24, 2.45) is 0 Å². The number of hydrogen-bond donors (Lipinski definition) is 1. The van der Waals surface area contributed by atoms with Gasteiger partial charge in [-0.25, -0.2) is 4.79 Å². The maximum atomic E-state index is 12.3. The van der Waals surface area contributed by atoms with Crippen LogP contribution in [0.1, 0.15) is 51.9 Å². The fourth-order valence-electron chi connectivity index (χ4n) is 2.58. The SMILES string of the molecule is CCCCCN(C)C(=O)N1CCCCC1CC(=O)O. The van der Waals surface area contributed by atoms with Crippen LogP contribution in [0.3, 0.4) is 0 Å². The van der Waals surface area contributed by atoms with Gasteiger partial charge in [0.15, 0.2) is 0 Å². The number of hydrogen-bond acceptors (Lipinski definition) is 2. The summed E-state index contributed by atoms with van der Waals surface area (Å²) in [5, 5.41) is 8.93. The minimum Gasteiger partial charge on any atom is -0.481 e. The van der Waals surface area contributed by atoms with Crippen LogP contribution in [-0.4, -0.2) is 53.1 Å². The zero-order valence-electron chi connectivity index (χ0n) is 12.1. The van der Waals surface area contributed by atoms with E-state index in [0.29, 0.717) is 6.54 Å². The van der Waals surface area contributed by atoms with Crippen LogP contribution < -0.4 is 0 Å². The number of aliphatic carboxylic acids is 1. The van der Waals surface area contributed by atoms with Crippen LogP contribution in [-0.2, 0) is 4.79 Å². The molecule has 110 valence electrons. The molecule has 0 aromatic carbocycles. The fraction of sp³-hybridized carbons (Fsp3) is 0.857. The highest BCUT2D eigenvalue weighted by Crippen LogP contribution is 2.21. The predicted molar refractivity (Wildman–Crippen MR) is 74.1 cm³/mol. The third-order valence-corrected chi connectivity index (χ3v) is 3.71. The van der Waals surface area contributed by atoms with E-state index in [1.807, 2.05) is 7.05 Å². The zero-order valence-corrected chi connectivity index (χ0v) is 12.1. The summed E-state index contributed by atoms with van der Waals surface area (Å²) in [7, 11) is 1.81. The number of piperidine rings is 1. The minimum absolute atomic E-state index is 0.0120. The summed E-state index contributed by atoms with van der Waals surface area (Å²) in [6.07, 6.45) is 6.13. The highest BCUT2D eigenvalue weighted by Gasteiger charge is 2.29. The van der Waals surface area contributed by atoms with Gasteiger partial charge in [-0.05, 0) is 25.7 Å². The second kappa shape index (κ2) is 8.02. The standard InChI is InChI=1S/C14H26N2O3/c1-3-4-6-9-15(2)14(19)16-10-7-5-8-12(16)11-13(17)18/h12H,3-11H2,1-2H3,(H,17,18). The van der Waals surface area contributed by atoms with Gasteiger partial charge in [0.25, 0.3) is 0 Å². The summed E-state index contributed by atoms with van der Waals surface area (Å²) in [6, 6.07) is -0.144. The van der Waals surface area contributed by atoms with E-state index in [1.54, 1.807) is 9.80 Å². The molecule has 0 saturated carbocycles. The first-order chi connectivity index (χ1) is 9.06. The van der Waals surface area contributed by atoms with E-state index >= 15 is 0 Å². The Morgan fingerprint density at radius 2 is 2.05 bits per heavy atom. The van der Waals surface area contributed by atoms with Crippen LogP contribution in [0.4, 0.5) is 4.79 Å². The molecule has 1 saturated heterocycles. The van der Waals surface area contributed by atoms with Crippen molar-refractivity contribution in [3.05, 3.63) is 0 Å². The van der Waals surface area contributed by atoms with Gasteiger partial charge in [0.1, 0.15) is 0 Å². The van der Waals surface area contributed by atoms with Gasteiger partial charge in [-0.15, -0.1) is 0 Å². The maximum Gasteiger partial charge on any atom is 0.320 e. The lowest BCUT2D eigenvalue weighted by molar-refractivity contribution is -0.138. The molecule has 0 bridgehead atoms. The molecule has 1 unspecified atom stereocenters. The molecule has 0 aromatic heterocycles. The third kappa shape index (κ3) is 5.09. The number of likely N-dealkylation sites (tertiary alicyclic amines) is 1. The number of amides is 2. The highest BCUT2D eigenvalue weighted by molar-refractivity contribution is 5.76. The molecule has 1 heterocycles. The maximum absolute atomic E-state index is 12.3. The summed E-state index contributed by atoms with van der Waals surface area (Å²) in [6.45, 7) is 3.58. The third-order valence-electron chi connectivity index (χ3n) is 3.71. The first kappa shape index (κ1) is 15.8. The Bertz CT molecular complexity index is 307. The number of carbonyl (C=O) groups is 2. The summed E-state index contributed by atoms with van der Waals surface area (Å²) >= 11 is 0. The lowest BCUT2D eigenvalue weighted by Gasteiger charge is -2.37. The molecule has 5 nitrogen and oxygen atoms in total. The van der Waals surface area contributed by atoms with Gasteiger partial charge in [-0.1, -0.05) is 19.8 Å². The second-order valence-corrected chi connectivity index (χ2v) is 5.35. The quantitative estimate of drug-likeness (QED) is 0.754. The number of nitrogens with zero attached hydrogens (tertiary/aromatic N) is 2. The topological polar surface area (TPSA) is 60.9 Å². The van der Waals surface area contributed by atoms with Crippen LogP contribution >= 0.6 is 0 Å². The van der Waals surface area contributed by atoms with E-state index in [4.69, 9.17) is 5.11 Å². The van der Waals surface area contributed by atoms with E-state index in [0.717, 1.165) is 45.1 Å². The van der Waals surface area contributed by atoms with Crippen molar-refractivity contribution >= 4 is 12.0 Å². The molecule has 2 amide bonds. The summed E-state index contributed by atoms with van der Waals surface area (Å²) in [4.78, 5) is 26.7. The van der Waals surface area contributed by atoms with Crippen molar-refractivity contribution in [1.29, 1.82) is 0 Å². The van der Waals surface area contributed by atoms with Crippen LogP contribution in [0.15, 0.2) is 0 Å². The smallest absolute Gasteiger partial charge is 0.320 e. The summed E-state index contributed by atoms with van der Waals surface area (Å²) in [5.41, 5.74) is 0. The van der Waals surface area contributed by atoms with Crippen molar-refractivity contribution < 1.29 is 14.7 Å². The monoisotopic (exact) mass is 270 g/mol. The molecule has 1 aliphatic heterocycles. The normalized spacial score (nSPS) is 19.3. The molecular formula is C14H26N2O3. The molecule has 0 aromatic rings. The van der Waals surface area contributed by atoms with Gasteiger partial charge in [0, 0.05) is 26.2 Å². The van der Waals surface area contributed by atoms with Crippen LogP contribution in [0.25, 0.3) is 0 Å². The van der Waals surface area contributed by atoms with Crippen molar-refractivity contribution in [2.45, 2.75) is 57.9 Å². The average molecular weight is 270 g/mol. The van der Waals surface area contributed by atoms with Crippen molar-refractivity contribution in [3.63, 3.8) is 0 Å². The lowest BCUT2D eigenvalue weighted by Crippen LogP contribution is -2.50. The fourth-order valence-corrected chi connectivity index (χ4v) is 2.58. The molecule has 1 fully saturated rings. The van der Waals surface area contributed by atoms with Gasteiger partial charge in [0.2, 0.25) is 0 Å². The number of urea groups is 1. The number of carboxylic acid groups (broad SMARTS) is 1. The van der Waals surface area contributed by atoms with E-state index in [9.17, 15) is 9.59 Å². The van der Waals surface area contributed by atoms with Crippen LogP contribution in [0, 0.1) is 0 Å². The molecule has 19 heavy (non-hydrogen) atoms. The Morgan fingerprint density at radius 1 is 1.32 bits per heavy atom. The molecule has 1 atom stereocenters. The highest BCUT2D eigenvalue weighted by atomic mass is 16.4. The Hall–Kier alpha value is -1.26. The van der Waals surface area contributed by atoms with E-state index in [1.165, 1.54) is 0 Å². The van der Waals surface area contributed by atoms with Crippen molar-refractivity contribution in [3.8, 4) is 0 Å². The first-order valence-electron chi connectivity index (χ1n) is 7.29. The molecule has 1 rings (SSSR count). The largest absolute Gasteiger partial charge is 0.481 e. The molecule has 0 radical (unpaired) electrons. The number of rotatable bonds is 6. The van der Waals surface area contributed by atoms with Gasteiger partial charge < -0.3 is 14.9 Å². The molecule has 1 N–H and O–H groups in total. The van der Waals surface area contributed by atoms with Gasteiger partial charge in [-0.2, -0.15) is 0 Å². The van der Waals surface area contributed by atoms with E-state index in [2.05, 4.69) is 6.92 Å². The first-order valence-corrected chi connectivity index (χ1v) is 7.29. The molecule has 5 heteroatoms. The number of carbonyl (C=O) groups excluding carboxylic acids is 1. The summed E-state index contributed by atoms with van der Waals surface area (Å²) < 4.78 is 0. The Labute approximate surface area is 115 Å². The van der Waals surface area contributed by atoms with Crippen molar-refractivity contribution in [2.75, 3.05) is 20.1 Å². The van der Waals surface area contributed by atoms with Gasteiger partial charge in [0.05, 0.1) is 6.42 Å². The lowest BCUT2D eigenvalue weighted by atomic mass is 10.00. The molecule has 0 spiro atoms. The van der Waals surface area contributed by atoms with E-state index < -0.39 is 5.97 Å². The predicted octanol–water partition coefficient (Wildman–Crippen LogP) is 2.56. The van der Waals surface area contributed by atoms with Crippen LogP contribution in [0.2, 0.25) is 0 Å². The van der Waals surface area contributed by atoms with Gasteiger partial charge in [-0.3, -0.25) is 4.79 Å². The minimum atomic E-state index is -0.821. The molecule has 0 aliphatic carbocycles. The van der Waals surface area contributed by atoms with Crippen LogP contribution in [0.5, 0.6) is 0 Å². The number of unbranched alkanes of at least 4 members (excludes halogenated alkanes) is 2. The Morgan fingerprint density at radius 3 is 2.68 bits per heavy atom. The van der Waals surface area contributed by atoms with Gasteiger partial charge >= 0.3 is 12.0 Å². The summed E-state index contributed by atoms with van der Waals surface area (Å²) in [5.74, 6) is -0.821. The Balaban J connectivity index is 2.53. The number of carboxylic acids is 1.